The van der Waals surface area contributed by atoms with Crippen LogP contribution in [-0.2, 0) is 0 Å². The molecular weight excluding hydrogens is 126 g/mol. The molecule has 1 aliphatic rings. The molecule has 0 saturated heterocycles. The van der Waals surface area contributed by atoms with Crippen LogP contribution in [-0.4, -0.2) is 23.8 Å². The highest BCUT2D eigenvalue weighted by atomic mass is 16.3. The second-order valence-electron chi connectivity index (χ2n) is 3.56. The lowest BCUT2D eigenvalue weighted by Crippen LogP contribution is -2.37. The van der Waals surface area contributed by atoms with E-state index < -0.39 is 0 Å². The van der Waals surface area contributed by atoms with Gasteiger partial charge in [0.1, 0.15) is 0 Å². The molecule has 1 aliphatic carbocycles. The Balaban J connectivity index is 2.31. The largest absolute Gasteiger partial charge is 0.390 e. The van der Waals surface area contributed by atoms with Crippen LogP contribution in [0.3, 0.4) is 0 Å². The van der Waals surface area contributed by atoms with E-state index in [1.807, 2.05) is 14.0 Å². The van der Waals surface area contributed by atoms with Gasteiger partial charge in [-0.2, -0.15) is 0 Å². The number of hydrogen-bond acceptors (Lipinski definition) is 2. The molecule has 0 aromatic heterocycles. The average molecular weight is 143 g/mol. The molecule has 1 fully saturated rings. The summed E-state index contributed by atoms with van der Waals surface area (Å²) in [5.74, 6) is 0. The first-order valence-corrected chi connectivity index (χ1v) is 4.04. The van der Waals surface area contributed by atoms with Gasteiger partial charge in [0.2, 0.25) is 0 Å². The normalized spacial score (nSPS) is 41.7. The van der Waals surface area contributed by atoms with Crippen LogP contribution in [0.4, 0.5) is 0 Å². The molecule has 0 radical (unpaired) electrons. The summed E-state index contributed by atoms with van der Waals surface area (Å²) in [4.78, 5) is 0. The summed E-state index contributed by atoms with van der Waals surface area (Å²) < 4.78 is 0. The minimum Gasteiger partial charge on any atom is -0.390 e. The van der Waals surface area contributed by atoms with Crippen molar-refractivity contribution in [1.29, 1.82) is 0 Å². The van der Waals surface area contributed by atoms with Crippen LogP contribution in [0.25, 0.3) is 0 Å². The van der Waals surface area contributed by atoms with Crippen LogP contribution < -0.4 is 5.32 Å². The van der Waals surface area contributed by atoms with Crippen molar-refractivity contribution in [2.24, 2.45) is 0 Å². The van der Waals surface area contributed by atoms with Gasteiger partial charge in [0.25, 0.3) is 0 Å². The predicted octanol–water partition coefficient (Wildman–Crippen LogP) is 0.899. The van der Waals surface area contributed by atoms with Crippen molar-refractivity contribution < 1.29 is 5.11 Å². The molecule has 0 bridgehead atoms. The molecule has 0 aromatic carbocycles. The Hall–Kier alpha value is -0.0800. The maximum atomic E-state index is 9.56. The number of aliphatic hydroxyl groups is 1. The standard InChI is InChI=1S/C8H17NO/c1-8(10)5-3-7(9-2)4-6-8/h7,9-10H,3-6H2,1-2H3/t7-,8-. The Kier molecular flexibility index (Phi) is 2.32. The third-order valence-corrected chi connectivity index (χ3v) is 2.47. The van der Waals surface area contributed by atoms with Crippen LogP contribution >= 0.6 is 0 Å². The van der Waals surface area contributed by atoms with Crippen LogP contribution in [0.1, 0.15) is 32.6 Å². The summed E-state index contributed by atoms with van der Waals surface area (Å²) in [5.41, 5.74) is -0.382. The Morgan fingerprint density at radius 3 is 2.30 bits per heavy atom. The van der Waals surface area contributed by atoms with Gasteiger partial charge in [-0.3, -0.25) is 0 Å². The molecule has 0 aromatic rings. The molecule has 60 valence electrons. The van der Waals surface area contributed by atoms with Crippen molar-refractivity contribution in [1.82, 2.24) is 5.32 Å². The summed E-state index contributed by atoms with van der Waals surface area (Å²) in [7, 11) is 1.99. The summed E-state index contributed by atoms with van der Waals surface area (Å²) in [5, 5.41) is 12.8. The lowest BCUT2D eigenvalue weighted by molar-refractivity contribution is 0.0149. The lowest BCUT2D eigenvalue weighted by atomic mass is 9.84. The maximum Gasteiger partial charge on any atom is 0.0621 e. The summed E-state index contributed by atoms with van der Waals surface area (Å²) >= 11 is 0. The van der Waals surface area contributed by atoms with Gasteiger partial charge in [-0.15, -0.1) is 0 Å². The van der Waals surface area contributed by atoms with E-state index in [4.69, 9.17) is 0 Å². The first-order chi connectivity index (χ1) is 4.64. The first-order valence-electron chi connectivity index (χ1n) is 4.04. The van der Waals surface area contributed by atoms with Crippen molar-refractivity contribution in [3.05, 3.63) is 0 Å². The van der Waals surface area contributed by atoms with E-state index in [0.29, 0.717) is 6.04 Å². The van der Waals surface area contributed by atoms with E-state index in [9.17, 15) is 5.11 Å². The maximum absolute atomic E-state index is 9.56. The monoisotopic (exact) mass is 143 g/mol. The van der Waals surface area contributed by atoms with Crippen molar-refractivity contribution in [3.8, 4) is 0 Å². The molecule has 2 nitrogen and oxygen atoms in total. The topological polar surface area (TPSA) is 32.3 Å². The van der Waals surface area contributed by atoms with Gasteiger partial charge in [-0.25, -0.2) is 0 Å². The van der Waals surface area contributed by atoms with Crippen molar-refractivity contribution in [2.45, 2.75) is 44.2 Å². The van der Waals surface area contributed by atoms with E-state index in [2.05, 4.69) is 5.32 Å². The Labute approximate surface area is 62.6 Å². The molecular formula is C8H17NO. The SMILES string of the molecule is CN[C@H]1CC[C@](C)(O)CC1. The van der Waals surface area contributed by atoms with Crippen molar-refractivity contribution in [3.63, 3.8) is 0 Å². The molecule has 1 rings (SSSR count). The highest BCUT2D eigenvalue weighted by Crippen LogP contribution is 2.27. The lowest BCUT2D eigenvalue weighted by Gasteiger charge is -2.32. The van der Waals surface area contributed by atoms with Gasteiger partial charge in [0.15, 0.2) is 0 Å². The Morgan fingerprint density at radius 1 is 1.40 bits per heavy atom. The van der Waals surface area contributed by atoms with Gasteiger partial charge in [-0.1, -0.05) is 0 Å². The summed E-state index contributed by atoms with van der Waals surface area (Å²) in [6, 6.07) is 0.639. The number of hydrogen-bond donors (Lipinski definition) is 2. The zero-order valence-electron chi connectivity index (χ0n) is 6.85. The minimum absolute atomic E-state index is 0.382. The molecule has 0 amide bonds. The summed E-state index contributed by atoms with van der Waals surface area (Å²) in [6.07, 6.45) is 4.12. The van der Waals surface area contributed by atoms with Crippen LogP contribution in [0, 0.1) is 0 Å². The molecule has 0 aliphatic heterocycles. The molecule has 0 spiro atoms. The van der Waals surface area contributed by atoms with Crippen LogP contribution in [0.15, 0.2) is 0 Å². The highest BCUT2D eigenvalue weighted by Gasteiger charge is 2.27. The molecule has 2 heteroatoms. The van der Waals surface area contributed by atoms with Gasteiger partial charge in [0.05, 0.1) is 5.60 Å². The molecule has 10 heavy (non-hydrogen) atoms. The van der Waals surface area contributed by atoms with Crippen LogP contribution in [0.2, 0.25) is 0 Å². The van der Waals surface area contributed by atoms with E-state index in [0.717, 1.165) is 25.7 Å². The third-order valence-electron chi connectivity index (χ3n) is 2.47. The minimum atomic E-state index is -0.382. The van der Waals surface area contributed by atoms with Gasteiger partial charge in [0, 0.05) is 6.04 Å². The predicted molar refractivity (Wildman–Crippen MR) is 41.9 cm³/mol. The Bertz CT molecular complexity index is 102. The fourth-order valence-electron chi connectivity index (χ4n) is 1.53. The van der Waals surface area contributed by atoms with Gasteiger partial charge in [-0.05, 0) is 39.7 Å². The van der Waals surface area contributed by atoms with E-state index in [-0.39, 0.29) is 5.60 Å². The fourth-order valence-corrected chi connectivity index (χ4v) is 1.53. The van der Waals surface area contributed by atoms with Gasteiger partial charge < -0.3 is 10.4 Å². The molecule has 0 heterocycles. The number of nitrogens with one attached hydrogen (secondary N) is 1. The fraction of sp³-hybridized carbons (Fsp3) is 1.00. The zero-order chi connectivity index (χ0) is 7.61. The van der Waals surface area contributed by atoms with Crippen molar-refractivity contribution in [2.75, 3.05) is 7.05 Å². The number of rotatable bonds is 1. The molecule has 0 atom stereocenters. The highest BCUT2D eigenvalue weighted by molar-refractivity contribution is 4.83. The van der Waals surface area contributed by atoms with Crippen LogP contribution in [0.5, 0.6) is 0 Å². The smallest absolute Gasteiger partial charge is 0.0621 e. The van der Waals surface area contributed by atoms with Gasteiger partial charge >= 0.3 is 0 Å². The van der Waals surface area contributed by atoms with E-state index in [1.54, 1.807) is 0 Å². The molecule has 2 N–H and O–H groups in total. The first kappa shape index (κ1) is 8.02. The third kappa shape index (κ3) is 1.96. The average Bonchev–Trinajstić information content (AvgIpc) is 1.88. The second-order valence-corrected chi connectivity index (χ2v) is 3.56. The quantitative estimate of drug-likeness (QED) is 0.571. The Morgan fingerprint density at radius 2 is 1.90 bits per heavy atom. The zero-order valence-corrected chi connectivity index (χ0v) is 6.85. The van der Waals surface area contributed by atoms with Crippen molar-refractivity contribution >= 4 is 0 Å². The molecule has 0 unspecified atom stereocenters. The molecule has 1 saturated carbocycles. The van der Waals surface area contributed by atoms with E-state index >= 15 is 0 Å². The summed E-state index contributed by atoms with van der Waals surface area (Å²) in [6.45, 7) is 1.93. The second kappa shape index (κ2) is 2.89. The van der Waals surface area contributed by atoms with E-state index in [1.165, 1.54) is 0 Å².